The molecule has 33 heavy (non-hydrogen) atoms. The van der Waals surface area contributed by atoms with Gasteiger partial charge in [0, 0.05) is 36.9 Å². The number of nitrogens with zero attached hydrogens (tertiary/aromatic N) is 1. The molecule has 3 heterocycles. The van der Waals surface area contributed by atoms with Crippen LogP contribution in [0.15, 0.2) is 30.3 Å². The van der Waals surface area contributed by atoms with Crippen LogP contribution in [0.1, 0.15) is 55.7 Å². The Balaban J connectivity index is 1.68. The molecule has 2 aromatic carbocycles. The second kappa shape index (κ2) is 9.14. The van der Waals surface area contributed by atoms with Gasteiger partial charge in [-0.15, -0.1) is 0 Å². The van der Waals surface area contributed by atoms with Gasteiger partial charge in [0.1, 0.15) is 6.10 Å². The lowest BCUT2D eigenvalue weighted by Gasteiger charge is -2.47. The fourth-order valence-electron chi connectivity index (χ4n) is 5.55. The number of piperidine rings is 2. The number of carbonyl (C=O) groups is 1. The zero-order valence-corrected chi connectivity index (χ0v) is 19.2. The second-order valence-corrected chi connectivity index (χ2v) is 9.11. The molecule has 0 aliphatic carbocycles. The van der Waals surface area contributed by atoms with E-state index in [1.165, 1.54) is 6.42 Å². The second-order valence-electron chi connectivity index (χ2n) is 9.11. The number of ether oxygens (including phenoxy) is 4. The molecule has 2 fully saturated rings. The summed E-state index contributed by atoms with van der Waals surface area (Å²) in [5.74, 6) is 1.77. The maximum absolute atomic E-state index is 12.7. The highest BCUT2D eigenvalue weighted by Gasteiger charge is 2.41. The molecule has 7 heteroatoms. The number of methoxy groups -OCH3 is 2. The molecule has 7 nitrogen and oxygen atoms in total. The highest BCUT2D eigenvalue weighted by molar-refractivity contribution is 5.70. The van der Waals surface area contributed by atoms with E-state index in [2.05, 4.69) is 4.90 Å². The summed E-state index contributed by atoms with van der Waals surface area (Å²) in [5.41, 5.74) is 1.84. The SMILES string of the molecule is COc1ccc2c(c1OC)Oc1cc(ccc1O)CCC(=O)O[C@H]1C[C@@H]3CCCCN3[C@H]2C1. The number of fused-ring (bicyclic) bond motifs is 8. The lowest BCUT2D eigenvalue weighted by molar-refractivity contribution is -0.154. The number of hydrogen-bond acceptors (Lipinski definition) is 7. The Hall–Kier alpha value is -2.93. The summed E-state index contributed by atoms with van der Waals surface area (Å²) < 4.78 is 23.7. The average Bonchev–Trinajstić information content (AvgIpc) is 2.83. The van der Waals surface area contributed by atoms with Gasteiger partial charge in [0.05, 0.1) is 14.2 Å². The molecule has 2 saturated heterocycles. The Kier molecular flexibility index (Phi) is 6.06. The van der Waals surface area contributed by atoms with Crippen molar-refractivity contribution in [1.82, 2.24) is 4.90 Å². The van der Waals surface area contributed by atoms with Crippen molar-refractivity contribution in [2.24, 2.45) is 0 Å². The molecule has 2 aromatic rings. The topological polar surface area (TPSA) is 77.5 Å². The molecule has 3 atom stereocenters. The first kappa shape index (κ1) is 21.9. The Morgan fingerprint density at radius 1 is 1.06 bits per heavy atom. The van der Waals surface area contributed by atoms with Crippen molar-refractivity contribution < 1.29 is 28.8 Å². The minimum absolute atomic E-state index is 0.00253. The number of carbonyl (C=O) groups excluding carboxylic acids is 1. The maximum atomic E-state index is 12.7. The number of benzene rings is 2. The first-order valence-electron chi connectivity index (χ1n) is 11.8. The van der Waals surface area contributed by atoms with Crippen molar-refractivity contribution >= 4 is 5.97 Å². The van der Waals surface area contributed by atoms with Crippen LogP contribution >= 0.6 is 0 Å². The molecular weight excluding hydrogens is 422 g/mol. The van der Waals surface area contributed by atoms with Gasteiger partial charge < -0.3 is 24.1 Å². The van der Waals surface area contributed by atoms with Crippen LogP contribution in [0, 0.1) is 0 Å². The monoisotopic (exact) mass is 453 g/mol. The third-order valence-electron chi connectivity index (χ3n) is 7.14. The zero-order valence-electron chi connectivity index (χ0n) is 19.2. The van der Waals surface area contributed by atoms with E-state index < -0.39 is 0 Å². The average molecular weight is 454 g/mol. The predicted molar refractivity (Wildman–Crippen MR) is 122 cm³/mol. The molecule has 176 valence electrons. The summed E-state index contributed by atoms with van der Waals surface area (Å²) in [6.07, 6.45) is 5.65. The number of phenolic OH excluding ortho intramolecular Hbond substituents is 1. The van der Waals surface area contributed by atoms with Crippen LogP contribution < -0.4 is 14.2 Å². The first-order chi connectivity index (χ1) is 16.1. The van der Waals surface area contributed by atoms with E-state index in [0.29, 0.717) is 48.3 Å². The van der Waals surface area contributed by atoms with Crippen molar-refractivity contribution in [3.63, 3.8) is 0 Å². The quantitative estimate of drug-likeness (QED) is 0.658. The van der Waals surface area contributed by atoms with E-state index >= 15 is 0 Å². The molecule has 3 aliphatic heterocycles. The van der Waals surface area contributed by atoms with E-state index in [-0.39, 0.29) is 23.9 Å². The largest absolute Gasteiger partial charge is 0.504 e. The summed E-state index contributed by atoms with van der Waals surface area (Å²) in [6, 6.07) is 9.44. The summed E-state index contributed by atoms with van der Waals surface area (Å²) in [6.45, 7) is 0.991. The molecule has 0 radical (unpaired) electrons. The fraction of sp³-hybridized carbons (Fsp3) is 0.500. The smallest absolute Gasteiger partial charge is 0.306 e. The molecule has 1 N–H and O–H groups in total. The number of aromatic hydroxyl groups is 1. The molecule has 5 rings (SSSR count). The molecule has 0 unspecified atom stereocenters. The molecule has 0 spiro atoms. The lowest BCUT2D eigenvalue weighted by atomic mass is 9.84. The van der Waals surface area contributed by atoms with Crippen molar-refractivity contribution in [2.45, 2.75) is 63.1 Å². The number of rotatable bonds is 2. The Morgan fingerprint density at radius 3 is 2.76 bits per heavy atom. The van der Waals surface area contributed by atoms with Crippen molar-refractivity contribution in [2.75, 3.05) is 20.8 Å². The summed E-state index contributed by atoms with van der Waals surface area (Å²) in [7, 11) is 3.19. The van der Waals surface area contributed by atoms with Gasteiger partial charge in [-0.05, 0) is 55.6 Å². The standard InChI is InChI=1S/C26H31NO6/c1-30-22-10-8-19-20-15-18(14-17-5-3-4-12-27(17)20)32-24(29)11-7-16-6-9-21(28)23(13-16)33-25(19)26(22)31-2/h6,8-10,13,17-18,20,28H,3-5,7,11-12,14-15H2,1-2H3/t17-,18-,20-/m0/s1. The van der Waals surface area contributed by atoms with E-state index in [0.717, 1.165) is 36.9 Å². The predicted octanol–water partition coefficient (Wildman–Crippen LogP) is 4.75. The molecule has 3 aliphatic rings. The van der Waals surface area contributed by atoms with Crippen molar-refractivity contribution in [3.8, 4) is 28.7 Å². The minimum atomic E-state index is -0.176. The molecular formula is C26H31NO6. The van der Waals surface area contributed by atoms with Gasteiger partial charge in [-0.25, -0.2) is 0 Å². The fourth-order valence-corrected chi connectivity index (χ4v) is 5.55. The van der Waals surface area contributed by atoms with Crippen LogP contribution in [0.4, 0.5) is 0 Å². The summed E-state index contributed by atoms with van der Waals surface area (Å²) in [5, 5.41) is 10.6. The van der Waals surface area contributed by atoms with Crippen LogP contribution in [0.25, 0.3) is 0 Å². The number of esters is 1. The normalized spacial score (nSPS) is 25.2. The van der Waals surface area contributed by atoms with Crippen LogP contribution in [0.2, 0.25) is 0 Å². The maximum Gasteiger partial charge on any atom is 0.306 e. The Morgan fingerprint density at radius 2 is 1.94 bits per heavy atom. The number of aryl methyl sites for hydroxylation is 1. The van der Waals surface area contributed by atoms with Gasteiger partial charge in [0.2, 0.25) is 5.75 Å². The number of hydrogen-bond donors (Lipinski definition) is 1. The van der Waals surface area contributed by atoms with Gasteiger partial charge in [-0.1, -0.05) is 12.5 Å². The number of phenols is 1. The van der Waals surface area contributed by atoms with Gasteiger partial charge >= 0.3 is 5.97 Å². The third kappa shape index (κ3) is 4.22. The van der Waals surface area contributed by atoms with E-state index in [1.807, 2.05) is 12.1 Å². The van der Waals surface area contributed by atoms with Gasteiger partial charge in [-0.2, -0.15) is 0 Å². The van der Waals surface area contributed by atoms with Gasteiger partial charge in [0.25, 0.3) is 0 Å². The molecule has 4 bridgehead atoms. The lowest BCUT2D eigenvalue weighted by Crippen LogP contribution is -2.49. The molecule has 0 aromatic heterocycles. The highest BCUT2D eigenvalue weighted by atomic mass is 16.5. The van der Waals surface area contributed by atoms with E-state index in [1.54, 1.807) is 32.4 Å². The van der Waals surface area contributed by atoms with E-state index in [4.69, 9.17) is 18.9 Å². The Bertz CT molecular complexity index is 1040. The minimum Gasteiger partial charge on any atom is -0.504 e. The summed E-state index contributed by atoms with van der Waals surface area (Å²) >= 11 is 0. The van der Waals surface area contributed by atoms with Crippen molar-refractivity contribution in [1.29, 1.82) is 0 Å². The van der Waals surface area contributed by atoms with E-state index in [9.17, 15) is 9.90 Å². The van der Waals surface area contributed by atoms with Crippen LogP contribution in [0.3, 0.4) is 0 Å². The van der Waals surface area contributed by atoms with Crippen LogP contribution in [0.5, 0.6) is 28.7 Å². The summed E-state index contributed by atoms with van der Waals surface area (Å²) in [4.78, 5) is 15.2. The van der Waals surface area contributed by atoms with Crippen molar-refractivity contribution in [3.05, 3.63) is 41.5 Å². The van der Waals surface area contributed by atoms with Crippen LogP contribution in [-0.4, -0.2) is 48.9 Å². The Labute approximate surface area is 194 Å². The third-order valence-corrected chi connectivity index (χ3v) is 7.14. The van der Waals surface area contributed by atoms with Gasteiger partial charge in [0.15, 0.2) is 23.0 Å². The van der Waals surface area contributed by atoms with Gasteiger partial charge in [-0.3, -0.25) is 9.69 Å². The first-order valence-corrected chi connectivity index (χ1v) is 11.8. The molecule has 0 amide bonds. The zero-order chi connectivity index (χ0) is 22.9. The highest BCUT2D eigenvalue weighted by Crippen LogP contribution is 2.50. The van der Waals surface area contributed by atoms with Crippen LogP contribution in [-0.2, 0) is 16.0 Å². The molecule has 0 saturated carbocycles.